The Morgan fingerprint density at radius 1 is 1.26 bits per heavy atom. The maximum atomic E-state index is 13.9. The van der Waals surface area contributed by atoms with Crippen molar-refractivity contribution in [2.45, 2.75) is 90.8 Å². The molecule has 0 saturated heterocycles. The minimum absolute atomic E-state index is 0.0608. The number of anilines is 2. The lowest BCUT2D eigenvalue weighted by Gasteiger charge is -2.28. The predicted octanol–water partition coefficient (Wildman–Crippen LogP) is 6.55. The third-order valence-electron chi connectivity index (χ3n) is 6.65. The highest BCUT2D eigenvalue weighted by atomic mass is 19.1. The Hall–Kier alpha value is -2.50. The molecule has 2 aromatic heterocycles. The lowest BCUT2D eigenvalue weighted by atomic mass is 9.79. The molecule has 5 nitrogen and oxygen atoms in total. The maximum Gasteiger partial charge on any atom is 0.174 e. The van der Waals surface area contributed by atoms with Crippen LogP contribution in [0.15, 0.2) is 24.4 Å². The Morgan fingerprint density at radius 2 is 1.97 bits per heavy atom. The number of hydrogen-bond donors (Lipinski definition) is 3. The van der Waals surface area contributed by atoms with Gasteiger partial charge in [-0.05, 0) is 63.6 Å². The van der Waals surface area contributed by atoms with Crippen LogP contribution in [-0.4, -0.2) is 15.3 Å². The van der Waals surface area contributed by atoms with E-state index in [1.807, 2.05) is 0 Å². The lowest BCUT2D eigenvalue weighted by Crippen LogP contribution is -2.24. The summed E-state index contributed by atoms with van der Waals surface area (Å²) in [7, 11) is 0. The smallest absolute Gasteiger partial charge is 0.174 e. The summed E-state index contributed by atoms with van der Waals surface area (Å²) in [5.41, 5.74) is 4.16. The largest absolute Gasteiger partial charge is 0.340 e. The molecule has 0 radical (unpaired) electrons. The number of unbranched alkanes of at least 4 members (excludes halogenated alkanes) is 1. The molecule has 0 spiro atoms. The van der Waals surface area contributed by atoms with Gasteiger partial charge in [0, 0.05) is 34.6 Å². The number of hydrogen-bond acceptors (Lipinski definition) is 4. The van der Waals surface area contributed by atoms with Gasteiger partial charge < -0.3 is 15.3 Å². The van der Waals surface area contributed by atoms with Crippen molar-refractivity contribution in [2.75, 3.05) is 5.32 Å². The van der Waals surface area contributed by atoms with Gasteiger partial charge in [0.1, 0.15) is 11.3 Å². The van der Waals surface area contributed by atoms with Crippen LogP contribution in [0, 0.1) is 10.8 Å². The van der Waals surface area contributed by atoms with Crippen LogP contribution in [-0.2, 0) is 11.8 Å². The zero-order valence-electron chi connectivity index (χ0n) is 19.3. The van der Waals surface area contributed by atoms with Crippen molar-refractivity contribution < 1.29 is 4.39 Å². The van der Waals surface area contributed by atoms with Crippen LogP contribution in [0.2, 0.25) is 0 Å². The van der Waals surface area contributed by atoms with E-state index in [1.165, 1.54) is 42.7 Å². The molecule has 0 aromatic carbocycles. The molecule has 1 atom stereocenters. The van der Waals surface area contributed by atoms with Gasteiger partial charge in [-0.2, -0.15) is 0 Å². The number of alkyl halides is 1. The Kier molecular flexibility index (Phi) is 7.29. The fourth-order valence-electron chi connectivity index (χ4n) is 4.69. The summed E-state index contributed by atoms with van der Waals surface area (Å²) in [4.78, 5) is 5.03. The standard InChI is InChI=1S/C25H36FN5/c1-5-7-10-19-13-22(25(6-2)11-8-9-12-25)30-24(14-19)29-21-15-23(28)31(18(4)26)16-20(21)17(3)27/h13-16,18,27-28H,5-12H2,1-4H3,(H,29,30). The van der Waals surface area contributed by atoms with E-state index in [-0.39, 0.29) is 10.9 Å². The third kappa shape index (κ3) is 5.05. The van der Waals surface area contributed by atoms with Gasteiger partial charge in [0.25, 0.3) is 0 Å². The highest BCUT2D eigenvalue weighted by Crippen LogP contribution is 2.43. The molecular weight excluding hydrogens is 389 g/mol. The Labute approximate surface area is 185 Å². The van der Waals surface area contributed by atoms with Crippen molar-refractivity contribution in [2.24, 2.45) is 0 Å². The first-order valence-electron chi connectivity index (χ1n) is 11.6. The van der Waals surface area contributed by atoms with Gasteiger partial charge in [-0.25, -0.2) is 9.37 Å². The van der Waals surface area contributed by atoms with Gasteiger partial charge in [-0.1, -0.05) is 33.1 Å². The minimum atomic E-state index is -1.33. The monoisotopic (exact) mass is 425 g/mol. The molecule has 0 bridgehead atoms. The third-order valence-corrected chi connectivity index (χ3v) is 6.65. The zero-order chi connectivity index (χ0) is 22.6. The number of nitrogens with one attached hydrogen (secondary N) is 3. The summed E-state index contributed by atoms with van der Waals surface area (Å²) in [6, 6.07) is 5.97. The molecule has 2 aromatic rings. The van der Waals surface area contributed by atoms with Crippen LogP contribution in [0.5, 0.6) is 0 Å². The van der Waals surface area contributed by atoms with Crippen molar-refractivity contribution in [1.82, 2.24) is 9.55 Å². The van der Waals surface area contributed by atoms with Crippen molar-refractivity contribution >= 4 is 17.2 Å². The average Bonchev–Trinajstić information content (AvgIpc) is 3.22. The summed E-state index contributed by atoms with van der Waals surface area (Å²) in [5.74, 6) is 0.747. The Morgan fingerprint density at radius 3 is 2.55 bits per heavy atom. The van der Waals surface area contributed by atoms with Gasteiger partial charge >= 0.3 is 0 Å². The number of aryl methyl sites for hydroxylation is 1. The van der Waals surface area contributed by atoms with E-state index in [9.17, 15) is 4.39 Å². The van der Waals surface area contributed by atoms with Crippen molar-refractivity contribution in [1.29, 1.82) is 10.8 Å². The van der Waals surface area contributed by atoms with Crippen molar-refractivity contribution in [3.05, 3.63) is 46.7 Å². The SMILES string of the molecule is CCCCc1cc(Nc2cc(=N)n(C(C)F)cc2C(C)=N)nc(C2(CC)CCCC2)c1. The second-order valence-corrected chi connectivity index (χ2v) is 8.91. The zero-order valence-corrected chi connectivity index (χ0v) is 19.3. The van der Waals surface area contributed by atoms with Gasteiger partial charge in [0.05, 0.1) is 5.69 Å². The minimum Gasteiger partial charge on any atom is -0.340 e. The van der Waals surface area contributed by atoms with E-state index in [0.29, 0.717) is 17.0 Å². The molecule has 1 aliphatic rings. The second-order valence-electron chi connectivity index (χ2n) is 8.91. The number of pyridine rings is 2. The van der Waals surface area contributed by atoms with Gasteiger partial charge in [0.15, 0.2) is 6.30 Å². The van der Waals surface area contributed by atoms with Crippen molar-refractivity contribution in [3.8, 4) is 0 Å². The Balaban J connectivity index is 2.06. The first-order valence-corrected chi connectivity index (χ1v) is 11.6. The topological polar surface area (TPSA) is 77.5 Å². The van der Waals surface area contributed by atoms with E-state index < -0.39 is 6.30 Å². The number of rotatable bonds is 9. The van der Waals surface area contributed by atoms with E-state index in [2.05, 4.69) is 31.3 Å². The van der Waals surface area contributed by atoms with E-state index in [4.69, 9.17) is 15.8 Å². The molecule has 168 valence electrons. The molecular formula is C25H36FN5. The summed E-state index contributed by atoms with van der Waals surface area (Å²) in [6.45, 7) is 7.53. The van der Waals surface area contributed by atoms with Gasteiger partial charge in [0.2, 0.25) is 0 Å². The van der Waals surface area contributed by atoms with Crippen LogP contribution in [0.3, 0.4) is 0 Å². The van der Waals surface area contributed by atoms with Crippen LogP contribution in [0.4, 0.5) is 15.9 Å². The van der Waals surface area contributed by atoms with Gasteiger partial charge in [-0.3, -0.25) is 5.41 Å². The maximum absolute atomic E-state index is 13.9. The average molecular weight is 426 g/mol. The quantitative estimate of drug-likeness (QED) is 0.399. The molecule has 6 heteroatoms. The predicted molar refractivity (Wildman–Crippen MR) is 125 cm³/mol. The van der Waals surface area contributed by atoms with E-state index in [0.717, 1.165) is 37.2 Å². The van der Waals surface area contributed by atoms with E-state index >= 15 is 0 Å². The van der Waals surface area contributed by atoms with Crippen LogP contribution in [0.25, 0.3) is 0 Å². The second kappa shape index (κ2) is 9.75. The molecule has 0 aliphatic heterocycles. The molecule has 1 saturated carbocycles. The Bertz CT molecular complexity index is 986. The lowest BCUT2D eigenvalue weighted by molar-refractivity contribution is 0.258. The molecule has 2 heterocycles. The summed E-state index contributed by atoms with van der Waals surface area (Å²) < 4.78 is 15.2. The van der Waals surface area contributed by atoms with Gasteiger partial charge in [-0.15, -0.1) is 0 Å². The van der Waals surface area contributed by atoms with Crippen LogP contribution in [0.1, 0.15) is 95.8 Å². The van der Waals surface area contributed by atoms with Crippen LogP contribution < -0.4 is 10.8 Å². The van der Waals surface area contributed by atoms with Crippen molar-refractivity contribution in [3.63, 3.8) is 0 Å². The highest BCUT2D eigenvalue weighted by molar-refractivity contribution is 6.01. The van der Waals surface area contributed by atoms with Crippen LogP contribution >= 0.6 is 0 Å². The molecule has 1 aliphatic carbocycles. The molecule has 31 heavy (non-hydrogen) atoms. The summed E-state index contributed by atoms with van der Waals surface area (Å²) >= 11 is 0. The first kappa shape index (κ1) is 23.2. The summed E-state index contributed by atoms with van der Waals surface area (Å²) in [5, 5.41) is 19.8. The normalized spacial score (nSPS) is 16.3. The summed E-state index contributed by atoms with van der Waals surface area (Å²) in [6.07, 6.45) is 9.42. The molecule has 0 amide bonds. The number of nitrogens with zero attached hydrogens (tertiary/aromatic N) is 2. The number of aromatic nitrogens is 2. The highest BCUT2D eigenvalue weighted by Gasteiger charge is 2.35. The molecule has 1 fully saturated rings. The number of halogens is 1. The fraction of sp³-hybridized carbons (Fsp3) is 0.560. The molecule has 3 rings (SSSR count). The molecule has 3 N–H and O–H groups in total. The van der Waals surface area contributed by atoms with E-state index in [1.54, 1.807) is 19.2 Å². The fourth-order valence-corrected chi connectivity index (χ4v) is 4.69. The first-order chi connectivity index (χ1) is 14.8. The molecule has 1 unspecified atom stereocenters.